The Hall–Kier alpha value is -9.15. The Morgan fingerprint density at radius 1 is 0.500 bits per heavy atom. The van der Waals surface area contributed by atoms with Gasteiger partial charge in [0.2, 0.25) is 0 Å². The van der Waals surface area contributed by atoms with Crippen molar-refractivity contribution >= 4 is 98.6 Å². The number of likely N-dealkylation sites (N-methyl/N-ethyl adjacent to an activating group) is 2. The van der Waals surface area contributed by atoms with E-state index in [1.165, 1.54) is 21.1 Å². The molecule has 10 rings (SSSR count). The molecule has 0 spiro atoms. The summed E-state index contributed by atoms with van der Waals surface area (Å²) in [7, 11) is 4.06. The Morgan fingerprint density at radius 2 is 0.885 bits per heavy atom. The van der Waals surface area contributed by atoms with Gasteiger partial charge in [0.1, 0.15) is 28.6 Å². The quantitative estimate of drug-likeness (QED) is 0.0370. The Labute approximate surface area is 577 Å². The van der Waals surface area contributed by atoms with Gasteiger partial charge >= 0.3 is 0 Å². The molecule has 2 N–H and O–H groups in total. The number of nitrogens with one attached hydrogen (secondary N) is 2. The number of ether oxygens (including phenoxy) is 4. The van der Waals surface area contributed by atoms with E-state index in [-0.39, 0.29) is 32.3 Å². The number of amides is 2. The molecule has 13 nitrogen and oxygen atoms in total. The monoisotopic (exact) mass is 1320 g/mol. The summed E-state index contributed by atoms with van der Waals surface area (Å²) in [6.45, 7) is 33.0. The van der Waals surface area contributed by atoms with Gasteiger partial charge in [0, 0.05) is 77.6 Å². The maximum absolute atomic E-state index is 13.8. The lowest BCUT2D eigenvalue weighted by Gasteiger charge is -2.35. The fourth-order valence-electron chi connectivity index (χ4n) is 10.9. The van der Waals surface area contributed by atoms with E-state index < -0.39 is 11.8 Å². The summed E-state index contributed by atoms with van der Waals surface area (Å²) in [6.07, 6.45) is 13.2. The number of anilines is 1. The van der Waals surface area contributed by atoms with Gasteiger partial charge in [-0.3, -0.25) is 19.4 Å². The number of hydrogen-bond donors (Lipinski definition) is 2. The van der Waals surface area contributed by atoms with Crippen LogP contribution < -0.4 is 23.8 Å². The Balaban J connectivity index is 1.26. The highest BCUT2D eigenvalue weighted by Gasteiger charge is 2.38. The molecule has 0 atom stereocenters. The minimum atomic E-state index is -0.418. The van der Waals surface area contributed by atoms with Gasteiger partial charge in [0.15, 0.2) is 5.11 Å². The molecule has 96 heavy (non-hydrogen) atoms. The van der Waals surface area contributed by atoms with E-state index in [4.69, 9.17) is 41.1 Å². The second-order valence-corrected chi connectivity index (χ2v) is 31.1. The third kappa shape index (κ3) is 17.6. The Kier molecular flexibility index (Phi) is 21.1. The van der Waals surface area contributed by atoms with Crippen LogP contribution in [0.5, 0.6) is 23.0 Å². The summed E-state index contributed by atoms with van der Waals surface area (Å²) >= 11 is 6.95. The number of rotatable bonds is 18. The van der Waals surface area contributed by atoms with Crippen molar-refractivity contribution in [3.05, 3.63) is 152 Å². The second-order valence-electron chi connectivity index (χ2n) is 29.6. The molecule has 1 fully saturated rings. The first-order chi connectivity index (χ1) is 45.5. The average molecular weight is 1320 g/mol. The molecule has 8 bridgehead atoms. The van der Waals surface area contributed by atoms with Gasteiger partial charge in [0.05, 0.1) is 76.2 Å². The molecule has 3 aliphatic heterocycles. The molecule has 3 aliphatic rings. The normalized spacial score (nSPS) is 13.4. The van der Waals surface area contributed by atoms with Gasteiger partial charge in [-0.15, -0.1) is 11.3 Å². The van der Waals surface area contributed by atoms with Crippen LogP contribution in [0.2, 0.25) is 0 Å². The highest BCUT2D eigenvalue weighted by Crippen LogP contribution is 2.40. The van der Waals surface area contributed by atoms with Crippen molar-refractivity contribution < 1.29 is 28.5 Å². The summed E-state index contributed by atoms with van der Waals surface area (Å²) in [4.78, 5) is 52.8. The first kappa shape index (κ1) is 69.7. The average Bonchev–Trinajstić information content (AvgIpc) is 1.59. The molecular formula is C81H91N7O6S2. The number of thiocarbonyl (C=S) groups is 1. The highest BCUT2D eigenvalue weighted by atomic mass is 32.1. The van der Waals surface area contributed by atoms with Crippen LogP contribution in [0, 0.1) is 45.3 Å². The maximum atomic E-state index is 13.8. The van der Waals surface area contributed by atoms with E-state index in [2.05, 4.69) is 182 Å². The number of aromatic nitrogens is 4. The van der Waals surface area contributed by atoms with Crippen molar-refractivity contribution in [1.29, 1.82) is 0 Å². The van der Waals surface area contributed by atoms with Gasteiger partial charge in [-0.25, -0.2) is 9.97 Å². The fraction of sp³-hybridized carbons (Fsp3) is 0.370. The number of carbonyl (C=O) groups is 2. The van der Waals surface area contributed by atoms with Crippen molar-refractivity contribution in [3.8, 4) is 68.9 Å². The molecule has 0 saturated carbocycles. The molecule has 498 valence electrons. The molecule has 2 amide bonds. The summed E-state index contributed by atoms with van der Waals surface area (Å²) < 4.78 is 26.6. The standard InChI is InChI=1S/C81H91N7O6S2/c1-17-87-75(89)64(76(90)88(18-2)77(87)95)51-61-25-24-60(96-61)26-28-63-67-31-35-71(84-67)73(53-45-56(91-41-37-78(3,4)5)49-57(46-53)92-42-38-79(6,7)8)69-33-29-65(82-69)62(27-21-52-19-22-55(23-20-52)86(15)16)66-30-34-70(83-66)74(72-36-32-68(63)85-72)54-47-58(93-43-39-80(9,10)11)50-59(48-54)94-44-40-81(12,13)14/h19-20,22-25,29-36,45-51,82,85H,17-18,37-44H2,1-16H3. The van der Waals surface area contributed by atoms with E-state index in [0.29, 0.717) is 112 Å². The topological polar surface area (TPSA) is 138 Å². The van der Waals surface area contributed by atoms with E-state index in [1.54, 1.807) is 6.08 Å². The van der Waals surface area contributed by atoms with Gasteiger partial charge in [0.25, 0.3) is 11.8 Å². The van der Waals surface area contributed by atoms with Gasteiger partial charge in [-0.2, -0.15) is 0 Å². The molecule has 7 heterocycles. The predicted molar refractivity (Wildman–Crippen MR) is 400 cm³/mol. The molecule has 4 aromatic heterocycles. The number of hydrogen-bond acceptors (Lipinski definition) is 11. The van der Waals surface area contributed by atoms with Crippen LogP contribution >= 0.6 is 23.6 Å². The summed E-state index contributed by atoms with van der Waals surface area (Å²) in [5.74, 6) is 16.1. The minimum Gasteiger partial charge on any atom is -0.493 e. The summed E-state index contributed by atoms with van der Waals surface area (Å²) in [6, 6.07) is 32.6. The number of benzene rings is 3. The number of fused-ring (bicyclic) bond motifs is 8. The number of H-pyrrole nitrogens is 2. The van der Waals surface area contributed by atoms with Crippen LogP contribution in [-0.2, 0) is 9.59 Å². The van der Waals surface area contributed by atoms with Crippen LogP contribution in [0.15, 0.2) is 103 Å². The highest BCUT2D eigenvalue weighted by molar-refractivity contribution is 7.80. The van der Waals surface area contributed by atoms with E-state index in [0.717, 1.165) is 75.7 Å². The molecule has 0 unspecified atom stereocenters. The van der Waals surface area contributed by atoms with Crippen molar-refractivity contribution in [2.75, 3.05) is 58.5 Å². The number of carbonyl (C=O) groups excluding carboxylic acids is 2. The Bertz CT molecular complexity index is 4320. The summed E-state index contributed by atoms with van der Waals surface area (Å²) in [5.41, 5.74) is 12.4. The number of aromatic amines is 2. The first-order valence-electron chi connectivity index (χ1n) is 33.3. The minimum absolute atomic E-state index is 0.0519. The lowest BCUT2D eigenvalue weighted by molar-refractivity contribution is -0.133. The molecule has 3 aromatic carbocycles. The van der Waals surface area contributed by atoms with Crippen molar-refractivity contribution in [2.45, 2.75) is 123 Å². The summed E-state index contributed by atoms with van der Waals surface area (Å²) in [5, 5.41) is 0.214. The van der Waals surface area contributed by atoms with Crippen LogP contribution in [0.3, 0.4) is 0 Å². The largest absolute Gasteiger partial charge is 0.493 e. The SMILES string of the molecule is CCN1C(=O)C(=Cc2ccc(C#Cc3c4nc(c(-c5cc(OCCC(C)(C)C)cc(OCCC(C)(C)C)c5)c5ccc([nH]5)c(C#Cc5ccc(N(C)C)cc5)c5nc(c(-c6cc(OCCC(C)(C)C)cc(OCCC(C)(C)C)c6)c6ccc3[nH]6)C=C5)C=C4)s2)C(=O)N(CC)C1=S. The fourth-order valence-corrected chi connectivity index (χ4v) is 12.1. The molecule has 0 radical (unpaired) electrons. The van der Waals surface area contributed by atoms with Gasteiger partial charge in [-0.05, 0) is 200 Å². The second kappa shape index (κ2) is 29.1. The van der Waals surface area contributed by atoms with Crippen LogP contribution in [-0.4, -0.2) is 100 Å². The van der Waals surface area contributed by atoms with Crippen LogP contribution in [0.4, 0.5) is 5.69 Å². The van der Waals surface area contributed by atoms with Crippen molar-refractivity contribution in [1.82, 2.24) is 29.7 Å². The predicted octanol–water partition coefficient (Wildman–Crippen LogP) is 18.6. The van der Waals surface area contributed by atoms with E-state index in [9.17, 15) is 9.59 Å². The lowest BCUT2D eigenvalue weighted by atomic mass is 9.93. The molecule has 1 saturated heterocycles. The third-order valence-electron chi connectivity index (χ3n) is 16.6. The zero-order valence-corrected chi connectivity index (χ0v) is 60.3. The molecule has 15 heteroatoms. The third-order valence-corrected chi connectivity index (χ3v) is 17.9. The number of nitrogens with zero attached hydrogens (tertiary/aromatic N) is 5. The molecular weight excluding hydrogens is 1230 g/mol. The Morgan fingerprint density at radius 3 is 1.27 bits per heavy atom. The zero-order chi connectivity index (χ0) is 68.9. The number of thiophene rings is 1. The smallest absolute Gasteiger partial charge is 0.265 e. The molecule has 0 aliphatic carbocycles. The van der Waals surface area contributed by atoms with E-state index in [1.807, 2.05) is 88.6 Å². The maximum Gasteiger partial charge on any atom is 0.265 e. The van der Waals surface area contributed by atoms with Gasteiger partial charge < -0.3 is 33.8 Å². The molecule has 7 aromatic rings. The van der Waals surface area contributed by atoms with E-state index >= 15 is 0 Å². The van der Waals surface area contributed by atoms with Crippen molar-refractivity contribution in [2.24, 2.45) is 21.7 Å². The van der Waals surface area contributed by atoms with Crippen LogP contribution in [0.1, 0.15) is 172 Å². The van der Waals surface area contributed by atoms with Crippen LogP contribution in [0.25, 0.3) is 74.7 Å². The van der Waals surface area contributed by atoms with Crippen molar-refractivity contribution in [3.63, 3.8) is 0 Å². The first-order valence-corrected chi connectivity index (χ1v) is 34.5. The van der Waals surface area contributed by atoms with Gasteiger partial charge in [-0.1, -0.05) is 107 Å². The zero-order valence-electron chi connectivity index (χ0n) is 58.7. The lowest BCUT2D eigenvalue weighted by Crippen LogP contribution is -2.55.